The highest BCUT2D eigenvalue weighted by molar-refractivity contribution is 14.0. The van der Waals surface area contributed by atoms with Crippen molar-refractivity contribution in [2.45, 2.75) is 61.3 Å². The summed E-state index contributed by atoms with van der Waals surface area (Å²) in [6, 6.07) is 13.1. The molecule has 0 aliphatic heterocycles. The summed E-state index contributed by atoms with van der Waals surface area (Å²) in [5.41, 5.74) is 8.13. The van der Waals surface area contributed by atoms with Crippen LogP contribution in [-0.4, -0.2) is 14.2 Å². The molecule has 0 aromatic heterocycles. The fourth-order valence-corrected chi connectivity index (χ4v) is 3.46. The van der Waals surface area contributed by atoms with E-state index in [2.05, 4.69) is 82.3 Å². The average molecular weight is 524 g/mol. The molecule has 2 aromatic rings. The van der Waals surface area contributed by atoms with Crippen molar-refractivity contribution >= 4 is 34.1 Å². The lowest BCUT2D eigenvalue weighted by molar-refractivity contribution is 0.00290. The highest BCUT2D eigenvalue weighted by Crippen LogP contribution is 2.07. The van der Waals surface area contributed by atoms with E-state index in [-0.39, 0.29) is 29.7 Å². The van der Waals surface area contributed by atoms with Crippen molar-refractivity contribution < 1.29 is 17.3 Å². The summed E-state index contributed by atoms with van der Waals surface area (Å²) in [6.45, 7) is 14.6. The summed E-state index contributed by atoms with van der Waals surface area (Å²) in [5.74, 6) is -0.236. The number of aryl methyl sites for hydroxylation is 6. The van der Waals surface area contributed by atoms with Gasteiger partial charge in [0.15, 0.2) is 0 Å². The van der Waals surface area contributed by atoms with Crippen LogP contribution in [0.2, 0.25) is 0 Å². The molecule has 0 saturated carbocycles. The maximum absolute atomic E-state index is 11.0. The molecule has 0 aliphatic rings. The Kier molecular flexibility index (Phi) is 15.6. The Bertz CT molecular complexity index is 655. The van der Waals surface area contributed by atoms with Gasteiger partial charge in [-0.05, 0) is 52.5 Å². The van der Waals surface area contributed by atoms with Crippen LogP contribution >= 0.6 is 24.0 Å². The molecule has 2 aromatic carbocycles. The fourth-order valence-electron chi connectivity index (χ4n) is 2.76. The maximum Gasteiger partial charge on any atom is 0.297 e. The third-order valence-electron chi connectivity index (χ3n) is 3.58. The quantitative estimate of drug-likeness (QED) is 0.411. The number of benzene rings is 2. The summed E-state index contributed by atoms with van der Waals surface area (Å²) in [6.07, 6.45) is 1.15. The average Bonchev–Trinajstić information content (AvgIpc) is 2.51. The normalized spacial score (nSPS) is 10.0. The number of halogens is 2. The Morgan fingerprint density at radius 2 is 0.964 bits per heavy atom. The van der Waals surface area contributed by atoms with Gasteiger partial charge in [0.2, 0.25) is 0 Å². The summed E-state index contributed by atoms with van der Waals surface area (Å²) in [4.78, 5) is 0. The zero-order valence-electron chi connectivity index (χ0n) is 18.0. The highest BCUT2D eigenvalue weighted by atomic mass is 127. The van der Waals surface area contributed by atoms with Gasteiger partial charge in [0.05, 0.1) is 5.75 Å². The van der Waals surface area contributed by atoms with Crippen LogP contribution in [0.1, 0.15) is 53.1 Å². The Morgan fingerprint density at radius 1 is 0.714 bits per heavy atom. The minimum atomic E-state index is -3.85. The van der Waals surface area contributed by atoms with Gasteiger partial charge in [0.1, 0.15) is 0 Å². The molecule has 0 radical (unpaired) electrons. The molecule has 0 amide bonds. The van der Waals surface area contributed by atoms with E-state index >= 15 is 0 Å². The number of hydrogen-bond donors (Lipinski definition) is 0. The van der Waals surface area contributed by atoms with Gasteiger partial charge in [0, 0.05) is 0 Å². The van der Waals surface area contributed by atoms with Crippen LogP contribution in [0.3, 0.4) is 0 Å². The summed E-state index contributed by atoms with van der Waals surface area (Å²) in [5, 5.41) is 0. The molecular formula is C22H34FIO3S. The number of hydrogen-bond acceptors (Lipinski definition) is 3. The molecule has 0 aliphatic carbocycles. The second-order valence-corrected chi connectivity index (χ2v) is 8.66. The first-order valence-electron chi connectivity index (χ1n) is 9.11. The van der Waals surface area contributed by atoms with Crippen LogP contribution in [0.4, 0.5) is 4.53 Å². The SMILES string of the molecule is CCCCS(=O)(=O)OF.Cc1cc(C)cc(C)c1.Cc1cc(C)cc(C)c1.I. The predicted molar refractivity (Wildman–Crippen MR) is 128 cm³/mol. The van der Waals surface area contributed by atoms with E-state index < -0.39 is 10.1 Å². The molecule has 0 saturated heterocycles. The molecule has 0 bridgehead atoms. The summed E-state index contributed by atoms with van der Waals surface area (Å²) >= 11 is 0. The molecule has 0 fully saturated rings. The van der Waals surface area contributed by atoms with Crippen molar-refractivity contribution in [2.75, 3.05) is 5.75 Å². The van der Waals surface area contributed by atoms with Gasteiger partial charge in [-0.1, -0.05) is 87.5 Å². The Labute approximate surface area is 187 Å². The maximum atomic E-state index is 11.0. The van der Waals surface area contributed by atoms with Crippen molar-refractivity contribution in [1.82, 2.24) is 0 Å². The van der Waals surface area contributed by atoms with Crippen molar-refractivity contribution in [2.24, 2.45) is 0 Å². The minimum Gasteiger partial charge on any atom is -0.197 e. The van der Waals surface area contributed by atoms with Crippen LogP contribution in [0, 0.1) is 41.5 Å². The molecular weight excluding hydrogens is 490 g/mol. The lowest BCUT2D eigenvalue weighted by atomic mass is 10.1. The molecule has 160 valence electrons. The van der Waals surface area contributed by atoms with Crippen molar-refractivity contribution in [3.05, 3.63) is 69.8 Å². The highest BCUT2D eigenvalue weighted by Gasteiger charge is 2.08. The Morgan fingerprint density at radius 3 is 1.14 bits per heavy atom. The van der Waals surface area contributed by atoms with Crippen molar-refractivity contribution in [3.8, 4) is 0 Å². The van der Waals surface area contributed by atoms with E-state index in [0.29, 0.717) is 12.8 Å². The smallest absolute Gasteiger partial charge is 0.197 e. The molecule has 2 rings (SSSR count). The van der Waals surface area contributed by atoms with Crippen LogP contribution in [0.5, 0.6) is 0 Å². The predicted octanol–water partition coefficient (Wildman–Crippen LogP) is 6.86. The molecule has 28 heavy (non-hydrogen) atoms. The molecule has 0 atom stereocenters. The largest absolute Gasteiger partial charge is 0.297 e. The lowest BCUT2D eigenvalue weighted by Crippen LogP contribution is -2.04. The van der Waals surface area contributed by atoms with Crippen LogP contribution in [0.25, 0.3) is 0 Å². The Balaban J connectivity index is 0. The van der Waals surface area contributed by atoms with E-state index in [1.54, 1.807) is 0 Å². The van der Waals surface area contributed by atoms with E-state index in [1.807, 2.05) is 6.92 Å². The lowest BCUT2D eigenvalue weighted by Gasteiger charge is -1.96. The summed E-state index contributed by atoms with van der Waals surface area (Å²) in [7, 11) is -3.85. The molecule has 0 unspecified atom stereocenters. The zero-order chi connectivity index (χ0) is 21.0. The topological polar surface area (TPSA) is 43.4 Å². The molecule has 3 nitrogen and oxygen atoms in total. The van der Waals surface area contributed by atoms with Crippen molar-refractivity contribution in [3.63, 3.8) is 0 Å². The third-order valence-corrected chi connectivity index (χ3v) is 4.56. The molecule has 0 heterocycles. The van der Waals surface area contributed by atoms with E-state index in [4.69, 9.17) is 0 Å². The van der Waals surface area contributed by atoms with Gasteiger partial charge in [-0.15, -0.1) is 24.0 Å². The molecule has 6 heteroatoms. The van der Waals surface area contributed by atoms with Gasteiger partial charge in [-0.25, -0.2) is 0 Å². The van der Waals surface area contributed by atoms with Gasteiger partial charge in [0.25, 0.3) is 10.1 Å². The van der Waals surface area contributed by atoms with E-state index in [0.717, 1.165) is 0 Å². The monoisotopic (exact) mass is 524 g/mol. The third kappa shape index (κ3) is 15.0. The van der Waals surface area contributed by atoms with Gasteiger partial charge >= 0.3 is 0 Å². The minimum absolute atomic E-state index is 0. The van der Waals surface area contributed by atoms with Gasteiger partial charge < -0.3 is 0 Å². The fraction of sp³-hybridized carbons (Fsp3) is 0.455. The second-order valence-electron chi connectivity index (χ2n) is 7.01. The van der Waals surface area contributed by atoms with Crippen LogP contribution < -0.4 is 0 Å². The first-order valence-corrected chi connectivity index (χ1v) is 10.7. The van der Waals surface area contributed by atoms with E-state index in [1.165, 1.54) is 33.4 Å². The van der Waals surface area contributed by atoms with E-state index in [9.17, 15) is 12.9 Å². The molecule has 0 N–H and O–H groups in total. The number of rotatable bonds is 4. The second kappa shape index (κ2) is 14.9. The first-order chi connectivity index (χ1) is 12.5. The first kappa shape index (κ1) is 29.2. The Hall–Kier alpha value is -0.990. The van der Waals surface area contributed by atoms with Crippen molar-refractivity contribution in [1.29, 1.82) is 0 Å². The van der Waals surface area contributed by atoms with Gasteiger partial charge in [-0.3, -0.25) is 0 Å². The van der Waals surface area contributed by atoms with Crippen LogP contribution in [0.15, 0.2) is 36.4 Å². The standard InChI is InChI=1S/2C9H12.C4H9FO3S.HI/c2*1-7-4-8(2)6-9(3)5-7;1-2-3-4-9(6,7)8-5;/h2*4-6H,1-3H3;2-4H2,1H3;1H. The molecule has 0 spiro atoms. The summed E-state index contributed by atoms with van der Waals surface area (Å²) < 4.78 is 34.0. The van der Waals surface area contributed by atoms with Gasteiger partial charge in [-0.2, -0.15) is 8.42 Å². The zero-order valence-corrected chi connectivity index (χ0v) is 21.2. The van der Waals surface area contributed by atoms with Crippen LogP contribution in [-0.2, 0) is 14.5 Å². The number of unbranched alkanes of at least 4 members (excludes halogenated alkanes) is 1.